The Hall–Kier alpha value is -1.64. The molecule has 2 heteroatoms. The van der Waals surface area contributed by atoms with Crippen LogP contribution in [0.25, 0.3) is 10.8 Å². The van der Waals surface area contributed by atoms with Crippen molar-refractivity contribution in [3.8, 4) is 0 Å². The summed E-state index contributed by atoms with van der Waals surface area (Å²) in [6, 6.07) is 19.0. The molecule has 0 amide bonds. The number of aryl methyl sites for hydroxylation is 2. The van der Waals surface area contributed by atoms with Gasteiger partial charge in [0.05, 0.1) is 6.04 Å². The molecule has 0 fully saturated rings. The zero-order valence-electron chi connectivity index (χ0n) is 12.2. The van der Waals surface area contributed by atoms with Crippen LogP contribution >= 0.6 is 15.9 Å². The highest BCUT2D eigenvalue weighted by atomic mass is 79.9. The zero-order chi connectivity index (χ0) is 15.0. The maximum atomic E-state index is 6.59. The molecule has 2 N–H and O–H groups in total. The van der Waals surface area contributed by atoms with E-state index in [0.717, 1.165) is 4.47 Å². The molecule has 0 saturated heterocycles. The van der Waals surface area contributed by atoms with Crippen LogP contribution in [0.2, 0.25) is 0 Å². The lowest BCUT2D eigenvalue weighted by Crippen LogP contribution is -2.14. The summed E-state index contributed by atoms with van der Waals surface area (Å²) in [5, 5.41) is 2.46. The summed E-state index contributed by atoms with van der Waals surface area (Å²) in [7, 11) is 0. The van der Waals surface area contributed by atoms with Gasteiger partial charge in [0.2, 0.25) is 0 Å². The third-order valence-corrected chi connectivity index (χ3v) is 4.90. The summed E-state index contributed by atoms with van der Waals surface area (Å²) in [6.07, 6.45) is 0. The summed E-state index contributed by atoms with van der Waals surface area (Å²) in [6.45, 7) is 4.22. The third kappa shape index (κ3) is 2.61. The second kappa shape index (κ2) is 5.63. The molecule has 1 nitrogen and oxygen atoms in total. The fraction of sp³-hybridized carbons (Fsp3) is 0.158. The molecule has 1 atom stereocenters. The second-order valence-corrected chi connectivity index (χ2v) is 6.36. The van der Waals surface area contributed by atoms with Crippen LogP contribution in [0.3, 0.4) is 0 Å². The number of fused-ring (bicyclic) bond motifs is 1. The first-order valence-electron chi connectivity index (χ1n) is 7.08. The van der Waals surface area contributed by atoms with Gasteiger partial charge >= 0.3 is 0 Å². The van der Waals surface area contributed by atoms with Gasteiger partial charge in [0.15, 0.2) is 0 Å². The van der Waals surface area contributed by atoms with Gasteiger partial charge in [-0.1, -0.05) is 64.5 Å². The molecule has 0 heterocycles. The first-order valence-corrected chi connectivity index (χ1v) is 7.87. The molecule has 3 aromatic carbocycles. The number of benzene rings is 3. The standard InChI is InChI=1S/C19H18BrN/c1-12-11-18(20)13(2)10-17(12)19(21)16-9-5-7-14-6-3-4-8-15(14)16/h3-11,19H,21H2,1-2H3. The molecule has 0 aliphatic rings. The smallest absolute Gasteiger partial charge is 0.0560 e. The van der Waals surface area contributed by atoms with E-state index >= 15 is 0 Å². The molecule has 3 rings (SSSR count). The van der Waals surface area contributed by atoms with Crippen LogP contribution in [0.5, 0.6) is 0 Å². The Balaban J connectivity index is 2.17. The van der Waals surface area contributed by atoms with Crippen LogP contribution < -0.4 is 5.73 Å². The van der Waals surface area contributed by atoms with Gasteiger partial charge in [-0.05, 0) is 52.9 Å². The van der Waals surface area contributed by atoms with Gasteiger partial charge in [-0.25, -0.2) is 0 Å². The summed E-state index contributed by atoms with van der Waals surface area (Å²) in [4.78, 5) is 0. The van der Waals surface area contributed by atoms with Crippen molar-refractivity contribution in [2.24, 2.45) is 5.73 Å². The van der Waals surface area contributed by atoms with Gasteiger partial charge in [0.1, 0.15) is 0 Å². The highest BCUT2D eigenvalue weighted by Gasteiger charge is 2.15. The van der Waals surface area contributed by atoms with Crippen LogP contribution in [0, 0.1) is 13.8 Å². The SMILES string of the molecule is Cc1cc(C(N)c2cccc3ccccc23)c(C)cc1Br. The van der Waals surface area contributed by atoms with Crippen molar-refractivity contribution in [3.63, 3.8) is 0 Å². The van der Waals surface area contributed by atoms with E-state index < -0.39 is 0 Å². The molecular formula is C19H18BrN. The molecule has 0 aliphatic carbocycles. The molecule has 0 radical (unpaired) electrons. The van der Waals surface area contributed by atoms with Gasteiger partial charge < -0.3 is 5.73 Å². The maximum Gasteiger partial charge on any atom is 0.0560 e. The van der Waals surface area contributed by atoms with Crippen LogP contribution in [0.4, 0.5) is 0 Å². The molecule has 0 spiro atoms. The van der Waals surface area contributed by atoms with Gasteiger partial charge in [0.25, 0.3) is 0 Å². The van der Waals surface area contributed by atoms with Crippen molar-refractivity contribution < 1.29 is 0 Å². The summed E-state index contributed by atoms with van der Waals surface area (Å²) >= 11 is 3.58. The van der Waals surface area contributed by atoms with Crippen molar-refractivity contribution in [1.82, 2.24) is 0 Å². The van der Waals surface area contributed by atoms with Gasteiger partial charge in [-0.3, -0.25) is 0 Å². The van der Waals surface area contributed by atoms with Crippen molar-refractivity contribution in [1.29, 1.82) is 0 Å². The molecule has 0 bridgehead atoms. The van der Waals surface area contributed by atoms with E-state index in [0.29, 0.717) is 0 Å². The van der Waals surface area contributed by atoms with Crippen LogP contribution in [-0.2, 0) is 0 Å². The Morgan fingerprint density at radius 3 is 2.38 bits per heavy atom. The van der Waals surface area contributed by atoms with Crippen molar-refractivity contribution >= 4 is 26.7 Å². The van der Waals surface area contributed by atoms with E-state index in [1.54, 1.807) is 0 Å². The molecule has 0 aromatic heterocycles. The number of halogens is 1. The summed E-state index contributed by atoms with van der Waals surface area (Å²) < 4.78 is 1.13. The number of hydrogen-bond donors (Lipinski definition) is 1. The van der Waals surface area contributed by atoms with Crippen molar-refractivity contribution in [2.75, 3.05) is 0 Å². The average molecular weight is 340 g/mol. The van der Waals surface area contributed by atoms with E-state index in [1.807, 2.05) is 0 Å². The quantitative estimate of drug-likeness (QED) is 0.676. The second-order valence-electron chi connectivity index (χ2n) is 5.50. The van der Waals surface area contributed by atoms with Crippen molar-refractivity contribution in [2.45, 2.75) is 19.9 Å². The lowest BCUT2D eigenvalue weighted by atomic mass is 9.91. The fourth-order valence-electron chi connectivity index (χ4n) is 2.83. The Kier molecular flexibility index (Phi) is 3.83. The first kappa shape index (κ1) is 14.3. The minimum Gasteiger partial charge on any atom is -0.320 e. The van der Waals surface area contributed by atoms with E-state index in [-0.39, 0.29) is 6.04 Å². The van der Waals surface area contributed by atoms with E-state index in [2.05, 4.69) is 84.4 Å². The molecule has 0 saturated carbocycles. The molecule has 1 unspecified atom stereocenters. The fourth-order valence-corrected chi connectivity index (χ4v) is 3.29. The molecular weight excluding hydrogens is 322 g/mol. The summed E-state index contributed by atoms with van der Waals surface area (Å²) in [5.74, 6) is 0. The molecule has 3 aromatic rings. The van der Waals surface area contributed by atoms with Crippen LogP contribution in [-0.4, -0.2) is 0 Å². The number of rotatable bonds is 2. The molecule has 21 heavy (non-hydrogen) atoms. The number of nitrogens with two attached hydrogens (primary N) is 1. The predicted molar refractivity (Wildman–Crippen MR) is 93.6 cm³/mol. The lowest BCUT2D eigenvalue weighted by Gasteiger charge is -2.18. The Bertz CT molecular complexity index is 803. The van der Waals surface area contributed by atoms with Gasteiger partial charge in [-0.2, -0.15) is 0 Å². The monoisotopic (exact) mass is 339 g/mol. The Morgan fingerprint density at radius 2 is 1.57 bits per heavy atom. The topological polar surface area (TPSA) is 26.0 Å². The maximum absolute atomic E-state index is 6.59. The Morgan fingerprint density at radius 1 is 0.857 bits per heavy atom. The van der Waals surface area contributed by atoms with E-state index in [9.17, 15) is 0 Å². The highest BCUT2D eigenvalue weighted by Crippen LogP contribution is 2.31. The van der Waals surface area contributed by atoms with Gasteiger partial charge in [-0.15, -0.1) is 0 Å². The van der Waals surface area contributed by atoms with Crippen LogP contribution in [0.15, 0.2) is 59.1 Å². The zero-order valence-corrected chi connectivity index (χ0v) is 13.8. The predicted octanol–water partition coefficient (Wildman–Crippen LogP) is 5.27. The summed E-state index contributed by atoms with van der Waals surface area (Å²) in [5.41, 5.74) is 11.4. The van der Waals surface area contributed by atoms with Gasteiger partial charge in [0, 0.05) is 4.47 Å². The van der Waals surface area contributed by atoms with Crippen molar-refractivity contribution in [3.05, 3.63) is 81.3 Å². The minimum absolute atomic E-state index is 0.108. The van der Waals surface area contributed by atoms with E-state index in [1.165, 1.54) is 33.0 Å². The molecule has 106 valence electrons. The third-order valence-electron chi connectivity index (χ3n) is 4.04. The number of hydrogen-bond acceptors (Lipinski definition) is 1. The van der Waals surface area contributed by atoms with E-state index in [4.69, 9.17) is 5.73 Å². The van der Waals surface area contributed by atoms with Crippen LogP contribution in [0.1, 0.15) is 28.3 Å². The largest absolute Gasteiger partial charge is 0.320 e. The molecule has 0 aliphatic heterocycles. The lowest BCUT2D eigenvalue weighted by molar-refractivity contribution is 0.867. The average Bonchev–Trinajstić information content (AvgIpc) is 2.49. The highest BCUT2D eigenvalue weighted by molar-refractivity contribution is 9.10. The first-order chi connectivity index (χ1) is 10.1. The normalized spacial score (nSPS) is 12.6. The minimum atomic E-state index is -0.108. The Labute approximate surface area is 133 Å².